The highest BCUT2D eigenvalue weighted by Gasteiger charge is 2.41. The van der Waals surface area contributed by atoms with Gasteiger partial charge in [-0.25, -0.2) is 0 Å². The van der Waals surface area contributed by atoms with Crippen molar-refractivity contribution < 1.29 is 9.53 Å². The minimum absolute atomic E-state index is 0.0984. The topological polar surface area (TPSA) is 73.4 Å². The first-order chi connectivity index (χ1) is 10.5. The molecule has 2 heterocycles. The van der Waals surface area contributed by atoms with Gasteiger partial charge in [0.1, 0.15) is 5.60 Å². The van der Waals surface area contributed by atoms with Gasteiger partial charge in [-0.1, -0.05) is 6.42 Å². The number of ether oxygens (including phenoxy) is 1. The summed E-state index contributed by atoms with van der Waals surface area (Å²) in [6.07, 6.45) is 6.96. The number of nitrogens with two attached hydrogens (primary N) is 1. The number of hydrogen-bond donors (Lipinski definition) is 1. The first-order valence-corrected chi connectivity index (χ1v) is 8.15. The number of rotatable bonds is 3. The lowest BCUT2D eigenvalue weighted by Gasteiger charge is -2.41. The third-order valence-corrected chi connectivity index (χ3v) is 5.18. The van der Waals surface area contributed by atoms with Gasteiger partial charge < -0.3 is 15.4 Å². The number of carbonyl (C=O) groups excluding carboxylic acids is 1. The van der Waals surface area contributed by atoms with E-state index in [0.717, 1.165) is 24.8 Å². The van der Waals surface area contributed by atoms with Crippen LogP contribution in [-0.4, -0.2) is 46.8 Å². The Morgan fingerprint density at radius 3 is 3.05 bits per heavy atom. The molecule has 122 valence electrons. The highest BCUT2D eigenvalue weighted by atomic mass is 16.5. The Morgan fingerprint density at radius 2 is 2.36 bits per heavy atom. The van der Waals surface area contributed by atoms with E-state index in [1.54, 1.807) is 4.68 Å². The summed E-state index contributed by atoms with van der Waals surface area (Å²) in [5.74, 6) is 0.701. The molecule has 6 heteroatoms. The monoisotopic (exact) mass is 306 g/mol. The van der Waals surface area contributed by atoms with Crippen LogP contribution in [0, 0.1) is 11.8 Å². The van der Waals surface area contributed by atoms with Gasteiger partial charge in [0.25, 0.3) is 0 Å². The molecule has 6 nitrogen and oxygen atoms in total. The molecular formula is C16H26N4O2. The first kappa shape index (κ1) is 15.5. The van der Waals surface area contributed by atoms with Crippen LogP contribution in [0.3, 0.4) is 0 Å². The Labute approximate surface area is 131 Å². The van der Waals surface area contributed by atoms with Crippen LogP contribution in [0.2, 0.25) is 0 Å². The van der Waals surface area contributed by atoms with Crippen molar-refractivity contribution in [1.29, 1.82) is 0 Å². The molecule has 1 aliphatic carbocycles. The molecule has 0 aromatic carbocycles. The molecule has 2 N–H and O–H groups in total. The quantitative estimate of drug-likeness (QED) is 0.899. The zero-order valence-corrected chi connectivity index (χ0v) is 13.5. The fourth-order valence-electron chi connectivity index (χ4n) is 3.81. The Kier molecular flexibility index (Phi) is 4.23. The standard InChI is InChI=1S/C16H26N4O2/c1-16(13-9-18-19(2)10-13)11-20(6-7-22-16)15(21)14-5-3-4-12(14)8-17/h9-10,12,14H,3-8,11,17H2,1-2H3/t12-,14-,16?/m1/s1. The molecule has 22 heavy (non-hydrogen) atoms. The zero-order chi connectivity index (χ0) is 15.7. The molecule has 1 aromatic rings. The Morgan fingerprint density at radius 1 is 1.55 bits per heavy atom. The van der Waals surface area contributed by atoms with Gasteiger partial charge in [-0.3, -0.25) is 9.48 Å². The van der Waals surface area contributed by atoms with E-state index in [4.69, 9.17) is 10.5 Å². The molecule has 2 fully saturated rings. The van der Waals surface area contributed by atoms with Crippen molar-refractivity contribution in [2.75, 3.05) is 26.2 Å². The molecule has 1 aromatic heterocycles. The highest BCUT2D eigenvalue weighted by Crippen LogP contribution is 2.35. The second kappa shape index (κ2) is 6.01. The lowest BCUT2D eigenvalue weighted by molar-refractivity contribution is -0.154. The predicted octanol–water partition coefficient (Wildman–Crippen LogP) is 0.869. The Bertz CT molecular complexity index is 544. The largest absolute Gasteiger partial charge is 0.367 e. The minimum atomic E-state index is -0.473. The van der Waals surface area contributed by atoms with Crippen LogP contribution in [0.15, 0.2) is 12.4 Å². The van der Waals surface area contributed by atoms with E-state index in [2.05, 4.69) is 5.10 Å². The molecule has 1 amide bonds. The maximum absolute atomic E-state index is 12.9. The highest BCUT2D eigenvalue weighted by molar-refractivity contribution is 5.79. The third kappa shape index (κ3) is 2.77. The van der Waals surface area contributed by atoms with E-state index in [-0.39, 0.29) is 11.8 Å². The summed E-state index contributed by atoms with van der Waals surface area (Å²) in [4.78, 5) is 14.9. The van der Waals surface area contributed by atoms with Crippen molar-refractivity contribution >= 4 is 5.91 Å². The summed E-state index contributed by atoms with van der Waals surface area (Å²) in [6, 6.07) is 0. The average molecular weight is 306 g/mol. The molecule has 3 atom stereocenters. The third-order valence-electron chi connectivity index (χ3n) is 5.18. The summed E-state index contributed by atoms with van der Waals surface area (Å²) in [5.41, 5.74) is 6.38. The van der Waals surface area contributed by atoms with E-state index >= 15 is 0 Å². The Hall–Kier alpha value is -1.40. The summed E-state index contributed by atoms with van der Waals surface area (Å²) in [5, 5.41) is 4.23. The fraction of sp³-hybridized carbons (Fsp3) is 0.750. The van der Waals surface area contributed by atoms with Crippen LogP contribution < -0.4 is 5.73 Å². The number of amides is 1. The van der Waals surface area contributed by atoms with Crippen molar-refractivity contribution in [1.82, 2.24) is 14.7 Å². The van der Waals surface area contributed by atoms with Crippen molar-refractivity contribution in [2.24, 2.45) is 24.6 Å². The first-order valence-electron chi connectivity index (χ1n) is 8.15. The smallest absolute Gasteiger partial charge is 0.226 e. The molecule has 1 aliphatic heterocycles. The van der Waals surface area contributed by atoms with Crippen LogP contribution in [0.25, 0.3) is 0 Å². The van der Waals surface area contributed by atoms with Crippen molar-refractivity contribution in [3.63, 3.8) is 0 Å². The van der Waals surface area contributed by atoms with Crippen LogP contribution in [-0.2, 0) is 22.2 Å². The van der Waals surface area contributed by atoms with Gasteiger partial charge in [-0.2, -0.15) is 5.10 Å². The average Bonchev–Trinajstić information content (AvgIpc) is 3.15. The molecule has 0 radical (unpaired) electrons. The van der Waals surface area contributed by atoms with Crippen LogP contribution >= 0.6 is 0 Å². The molecule has 0 spiro atoms. The molecular weight excluding hydrogens is 280 g/mol. The molecule has 1 saturated carbocycles. The summed E-state index contributed by atoms with van der Waals surface area (Å²) in [7, 11) is 1.89. The molecule has 1 unspecified atom stereocenters. The second-order valence-electron chi connectivity index (χ2n) is 6.77. The van der Waals surface area contributed by atoms with Crippen LogP contribution in [0.5, 0.6) is 0 Å². The molecule has 0 bridgehead atoms. The van der Waals surface area contributed by atoms with Gasteiger partial charge in [-0.15, -0.1) is 0 Å². The molecule has 3 rings (SSSR count). The Balaban J connectivity index is 1.74. The molecule has 1 saturated heterocycles. The lowest BCUT2D eigenvalue weighted by atomic mass is 9.92. The fourth-order valence-corrected chi connectivity index (χ4v) is 3.81. The van der Waals surface area contributed by atoms with Gasteiger partial charge in [0.05, 0.1) is 19.3 Å². The minimum Gasteiger partial charge on any atom is -0.367 e. The normalized spacial score (nSPS) is 32.4. The van der Waals surface area contributed by atoms with E-state index in [0.29, 0.717) is 32.2 Å². The van der Waals surface area contributed by atoms with E-state index in [9.17, 15) is 4.79 Å². The second-order valence-corrected chi connectivity index (χ2v) is 6.77. The van der Waals surface area contributed by atoms with Crippen molar-refractivity contribution in [3.8, 4) is 0 Å². The van der Waals surface area contributed by atoms with Gasteiger partial charge in [0.2, 0.25) is 5.91 Å². The van der Waals surface area contributed by atoms with Gasteiger partial charge in [-0.05, 0) is 32.2 Å². The SMILES string of the molecule is Cn1cc(C2(C)CN(C(=O)[C@@H]3CCC[C@@H]3CN)CCO2)cn1. The van der Waals surface area contributed by atoms with Crippen molar-refractivity contribution in [3.05, 3.63) is 18.0 Å². The van der Waals surface area contributed by atoms with Crippen molar-refractivity contribution in [2.45, 2.75) is 31.8 Å². The van der Waals surface area contributed by atoms with Gasteiger partial charge >= 0.3 is 0 Å². The number of aromatic nitrogens is 2. The number of hydrogen-bond acceptors (Lipinski definition) is 4. The predicted molar refractivity (Wildman–Crippen MR) is 83.0 cm³/mol. The zero-order valence-electron chi connectivity index (χ0n) is 13.5. The van der Waals surface area contributed by atoms with Crippen LogP contribution in [0.4, 0.5) is 0 Å². The molecule has 2 aliphatic rings. The maximum atomic E-state index is 12.9. The lowest BCUT2D eigenvalue weighted by Crippen LogP contribution is -2.52. The van der Waals surface area contributed by atoms with Crippen LogP contribution in [0.1, 0.15) is 31.7 Å². The number of morpholine rings is 1. The number of carbonyl (C=O) groups is 1. The van der Waals surface area contributed by atoms with E-state index in [1.807, 2.05) is 31.3 Å². The maximum Gasteiger partial charge on any atom is 0.226 e. The van der Waals surface area contributed by atoms with E-state index in [1.165, 1.54) is 0 Å². The summed E-state index contributed by atoms with van der Waals surface area (Å²) >= 11 is 0. The van der Waals surface area contributed by atoms with Gasteiger partial charge in [0, 0.05) is 31.3 Å². The summed E-state index contributed by atoms with van der Waals surface area (Å²) < 4.78 is 7.76. The summed E-state index contributed by atoms with van der Waals surface area (Å²) in [6.45, 7) is 4.48. The number of nitrogens with zero attached hydrogens (tertiary/aromatic N) is 3. The van der Waals surface area contributed by atoms with E-state index < -0.39 is 5.60 Å². The number of aryl methyl sites for hydroxylation is 1. The van der Waals surface area contributed by atoms with Gasteiger partial charge in [0.15, 0.2) is 0 Å².